The molecule has 0 unspecified atom stereocenters. The van der Waals surface area contributed by atoms with Gasteiger partial charge in [0.15, 0.2) is 0 Å². The van der Waals surface area contributed by atoms with Crippen molar-refractivity contribution in [2.45, 2.75) is 25.9 Å². The zero-order chi connectivity index (χ0) is 13.8. The summed E-state index contributed by atoms with van der Waals surface area (Å²) in [7, 11) is 0. The Kier molecular flexibility index (Phi) is 4.52. The maximum absolute atomic E-state index is 12.7. The molecule has 0 aliphatic heterocycles. The van der Waals surface area contributed by atoms with Crippen LogP contribution in [0.2, 0.25) is 0 Å². The lowest BCUT2D eigenvalue weighted by atomic mass is 10.1. The summed E-state index contributed by atoms with van der Waals surface area (Å²) < 4.78 is 38.2. The summed E-state index contributed by atoms with van der Waals surface area (Å²) in [4.78, 5) is 9.63. The van der Waals surface area contributed by atoms with E-state index in [1.807, 2.05) is 6.92 Å². The molecule has 0 aliphatic carbocycles. The van der Waals surface area contributed by atoms with Crippen LogP contribution in [-0.2, 0) is 6.18 Å². The third kappa shape index (κ3) is 3.61. The second-order valence-electron chi connectivity index (χ2n) is 3.77. The van der Waals surface area contributed by atoms with Crippen molar-refractivity contribution >= 4 is 11.4 Å². The Bertz CT molecular complexity index is 433. The fourth-order valence-electron chi connectivity index (χ4n) is 1.43. The van der Waals surface area contributed by atoms with Gasteiger partial charge in [0.05, 0.1) is 10.5 Å². The first-order valence-corrected chi connectivity index (χ1v) is 5.45. The summed E-state index contributed by atoms with van der Waals surface area (Å²) in [5, 5.41) is 13.1. The van der Waals surface area contributed by atoms with Gasteiger partial charge in [0.2, 0.25) is 0 Å². The van der Waals surface area contributed by atoms with E-state index in [4.69, 9.17) is 0 Å². The predicted octanol–water partition coefficient (Wildman–Crippen LogP) is 3.83. The fourth-order valence-corrected chi connectivity index (χ4v) is 1.43. The van der Waals surface area contributed by atoms with E-state index in [9.17, 15) is 23.3 Å². The molecule has 0 spiro atoms. The Morgan fingerprint density at radius 3 is 2.56 bits per heavy atom. The summed E-state index contributed by atoms with van der Waals surface area (Å²) in [6.07, 6.45) is -3.03. The summed E-state index contributed by atoms with van der Waals surface area (Å²) in [6, 6.07) is 2.70. The molecule has 0 aromatic heterocycles. The monoisotopic (exact) mass is 262 g/mol. The van der Waals surface area contributed by atoms with Crippen molar-refractivity contribution in [1.29, 1.82) is 0 Å². The van der Waals surface area contributed by atoms with Crippen LogP contribution in [0.1, 0.15) is 25.3 Å². The van der Waals surface area contributed by atoms with Gasteiger partial charge in [0.25, 0.3) is 5.69 Å². The zero-order valence-corrected chi connectivity index (χ0v) is 9.75. The van der Waals surface area contributed by atoms with Gasteiger partial charge in [0, 0.05) is 24.4 Å². The number of nitrogens with one attached hydrogen (secondary N) is 1. The highest BCUT2D eigenvalue weighted by molar-refractivity contribution is 5.57. The van der Waals surface area contributed by atoms with E-state index >= 15 is 0 Å². The first-order chi connectivity index (χ1) is 8.36. The molecule has 0 bridgehead atoms. The summed E-state index contributed by atoms with van der Waals surface area (Å²) in [5.74, 6) is 0. The molecule has 0 saturated heterocycles. The molecule has 1 rings (SSSR count). The molecular formula is C11H13F3N2O2. The van der Waals surface area contributed by atoms with Crippen molar-refractivity contribution in [2.24, 2.45) is 0 Å². The Hall–Kier alpha value is -1.79. The number of alkyl halides is 3. The molecule has 0 fully saturated rings. The lowest BCUT2D eigenvalue weighted by Gasteiger charge is -2.14. The maximum Gasteiger partial charge on any atom is 0.418 e. The third-order valence-corrected chi connectivity index (χ3v) is 2.37. The average Bonchev–Trinajstić information content (AvgIpc) is 2.28. The van der Waals surface area contributed by atoms with Crippen LogP contribution < -0.4 is 5.32 Å². The second-order valence-corrected chi connectivity index (χ2v) is 3.77. The highest BCUT2D eigenvalue weighted by Gasteiger charge is 2.35. The van der Waals surface area contributed by atoms with E-state index in [1.54, 1.807) is 0 Å². The van der Waals surface area contributed by atoms with Crippen LogP contribution in [0.5, 0.6) is 0 Å². The van der Waals surface area contributed by atoms with E-state index in [0.717, 1.165) is 25.0 Å². The number of nitro benzene ring substituents is 1. The van der Waals surface area contributed by atoms with Gasteiger partial charge in [-0.15, -0.1) is 0 Å². The minimum atomic E-state index is -4.61. The van der Waals surface area contributed by atoms with Crippen LogP contribution in [0.4, 0.5) is 24.5 Å². The molecule has 18 heavy (non-hydrogen) atoms. The van der Waals surface area contributed by atoms with Gasteiger partial charge in [-0.1, -0.05) is 13.3 Å². The highest BCUT2D eigenvalue weighted by atomic mass is 19.4. The first kappa shape index (κ1) is 14.3. The van der Waals surface area contributed by atoms with Gasteiger partial charge in [-0.2, -0.15) is 13.2 Å². The third-order valence-electron chi connectivity index (χ3n) is 2.37. The van der Waals surface area contributed by atoms with Crippen LogP contribution >= 0.6 is 0 Å². The molecule has 100 valence electrons. The van der Waals surface area contributed by atoms with E-state index in [1.165, 1.54) is 0 Å². The second kappa shape index (κ2) is 5.70. The van der Waals surface area contributed by atoms with Crippen LogP contribution in [0.3, 0.4) is 0 Å². The van der Waals surface area contributed by atoms with Crippen molar-refractivity contribution < 1.29 is 18.1 Å². The van der Waals surface area contributed by atoms with E-state index in [-0.39, 0.29) is 5.69 Å². The molecule has 1 N–H and O–H groups in total. The van der Waals surface area contributed by atoms with Gasteiger partial charge >= 0.3 is 6.18 Å². The number of non-ortho nitro benzene ring substituents is 1. The van der Waals surface area contributed by atoms with Gasteiger partial charge < -0.3 is 5.32 Å². The van der Waals surface area contributed by atoms with E-state index < -0.39 is 22.4 Å². The number of nitrogens with zero attached hydrogens (tertiary/aromatic N) is 1. The number of unbranched alkanes of at least 4 members (excludes halogenated alkanes) is 1. The SMILES string of the molecule is CCCCNc1ccc([N+](=O)[O-])cc1C(F)(F)F. The number of benzene rings is 1. The molecule has 7 heteroatoms. The molecular weight excluding hydrogens is 249 g/mol. The van der Waals surface area contributed by atoms with Crippen molar-refractivity contribution in [1.82, 2.24) is 0 Å². The molecule has 0 amide bonds. The average molecular weight is 262 g/mol. The Morgan fingerprint density at radius 2 is 2.06 bits per heavy atom. The van der Waals surface area contributed by atoms with Crippen LogP contribution in [0.25, 0.3) is 0 Å². The van der Waals surface area contributed by atoms with Gasteiger partial charge in [-0.05, 0) is 12.5 Å². The largest absolute Gasteiger partial charge is 0.418 e. The number of hydrogen-bond acceptors (Lipinski definition) is 3. The minimum Gasteiger partial charge on any atom is -0.385 e. The summed E-state index contributed by atoms with van der Waals surface area (Å²) in [6.45, 7) is 2.32. The van der Waals surface area contributed by atoms with Crippen LogP contribution in [0, 0.1) is 10.1 Å². The maximum atomic E-state index is 12.7. The predicted molar refractivity (Wildman–Crippen MR) is 61.5 cm³/mol. The van der Waals surface area contributed by atoms with Crippen LogP contribution in [-0.4, -0.2) is 11.5 Å². The molecule has 0 heterocycles. The smallest absolute Gasteiger partial charge is 0.385 e. The van der Waals surface area contributed by atoms with E-state index in [2.05, 4.69) is 5.32 Å². The Morgan fingerprint density at radius 1 is 1.39 bits per heavy atom. The first-order valence-electron chi connectivity index (χ1n) is 5.45. The van der Waals surface area contributed by atoms with Crippen molar-refractivity contribution in [3.8, 4) is 0 Å². The van der Waals surface area contributed by atoms with Gasteiger partial charge in [-0.3, -0.25) is 10.1 Å². The molecule has 0 atom stereocenters. The fraction of sp³-hybridized carbons (Fsp3) is 0.455. The van der Waals surface area contributed by atoms with Gasteiger partial charge in [-0.25, -0.2) is 0 Å². The lowest BCUT2D eigenvalue weighted by molar-refractivity contribution is -0.385. The molecule has 0 saturated carbocycles. The Balaban J connectivity index is 3.05. The standard InChI is InChI=1S/C11H13F3N2O2/c1-2-3-6-15-10-5-4-8(16(17)18)7-9(10)11(12,13)14/h4-5,7,15H,2-3,6H2,1H3. The number of hydrogen-bond donors (Lipinski definition) is 1. The number of halogens is 3. The quantitative estimate of drug-likeness (QED) is 0.498. The summed E-state index contributed by atoms with van der Waals surface area (Å²) >= 11 is 0. The molecule has 1 aromatic rings. The molecule has 0 radical (unpaired) electrons. The lowest BCUT2D eigenvalue weighted by Crippen LogP contribution is -2.12. The minimum absolute atomic E-state index is 0.124. The van der Waals surface area contributed by atoms with Gasteiger partial charge in [0.1, 0.15) is 0 Å². The Labute approximate surface area is 102 Å². The van der Waals surface area contributed by atoms with Crippen molar-refractivity contribution in [3.05, 3.63) is 33.9 Å². The normalized spacial score (nSPS) is 11.3. The number of rotatable bonds is 5. The van der Waals surface area contributed by atoms with Crippen molar-refractivity contribution in [2.75, 3.05) is 11.9 Å². The summed E-state index contributed by atoms with van der Waals surface area (Å²) in [5.41, 5.74) is -1.70. The molecule has 4 nitrogen and oxygen atoms in total. The topological polar surface area (TPSA) is 55.2 Å². The molecule has 0 aliphatic rings. The van der Waals surface area contributed by atoms with Crippen LogP contribution in [0.15, 0.2) is 18.2 Å². The highest BCUT2D eigenvalue weighted by Crippen LogP contribution is 2.37. The van der Waals surface area contributed by atoms with E-state index in [0.29, 0.717) is 12.6 Å². The van der Waals surface area contributed by atoms with Crippen molar-refractivity contribution in [3.63, 3.8) is 0 Å². The zero-order valence-electron chi connectivity index (χ0n) is 9.75. The number of nitro groups is 1. The number of anilines is 1. The molecule has 1 aromatic carbocycles.